The highest BCUT2D eigenvalue weighted by Gasteiger charge is 2.26. The average Bonchev–Trinajstić information content (AvgIpc) is 2.91. The largest absolute Gasteiger partial charge is 0.336 e. The van der Waals surface area contributed by atoms with Crippen LogP contribution < -0.4 is 5.32 Å². The summed E-state index contributed by atoms with van der Waals surface area (Å²) in [5.41, 5.74) is 0. The number of nitrogens with zero attached hydrogens (tertiary/aromatic N) is 2. The lowest BCUT2D eigenvalue weighted by Gasteiger charge is -2.35. The predicted molar refractivity (Wildman–Crippen MR) is 88.7 cm³/mol. The molecule has 2 heterocycles. The third-order valence-electron chi connectivity index (χ3n) is 4.10. The summed E-state index contributed by atoms with van der Waals surface area (Å²) in [6, 6.07) is 4.52. The Morgan fingerprint density at radius 3 is 2.62 bits per heavy atom. The molecule has 0 aliphatic carbocycles. The van der Waals surface area contributed by atoms with Crippen LogP contribution in [0.3, 0.4) is 0 Å². The van der Waals surface area contributed by atoms with E-state index < -0.39 is 0 Å². The second-order valence-electron chi connectivity index (χ2n) is 6.53. The van der Waals surface area contributed by atoms with Crippen molar-refractivity contribution >= 4 is 17.4 Å². The average molecular weight is 309 g/mol. The molecule has 2 rings (SSSR count). The highest BCUT2D eigenvalue weighted by molar-refractivity contribution is 7.10. The number of thiophene rings is 1. The van der Waals surface area contributed by atoms with Gasteiger partial charge in [-0.3, -0.25) is 0 Å². The Balaban J connectivity index is 1.90. The van der Waals surface area contributed by atoms with Crippen molar-refractivity contribution in [2.45, 2.75) is 26.3 Å². The van der Waals surface area contributed by atoms with E-state index >= 15 is 0 Å². The second-order valence-corrected chi connectivity index (χ2v) is 7.51. The number of likely N-dealkylation sites (tertiary alicyclic amines) is 1. The highest BCUT2D eigenvalue weighted by Crippen LogP contribution is 2.23. The molecular formula is C16H27N3OS. The quantitative estimate of drug-likeness (QED) is 0.928. The molecule has 1 aliphatic rings. The summed E-state index contributed by atoms with van der Waals surface area (Å²) < 4.78 is 0. The van der Waals surface area contributed by atoms with Crippen LogP contribution in [0, 0.1) is 11.8 Å². The summed E-state index contributed by atoms with van der Waals surface area (Å²) >= 11 is 1.74. The number of piperidine rings is 1. The van der Waals surface area contributed by atoms with Crippen molar-refractivity contribution in [3.63, 3.8) is 0 Å². The van der Waals surface area contributed by atoms with Crippen molar-refractivity contribution in [2.75, 3.05) is 33.7 Å². The van der Waals surface area contributed by atoms with Gasteiger partial charge in [0.15, 0.2) is 0 Å². The molecule has 5 heteroatoms. The summed E-state index contributed by atoms with van der Waals surface area (Å²) in [6.07, 6.45) is 1.22. The fraction of sp³-hybridized carbons (Fsp3) is 0.688. The van der Waals surface area contributed by atoms with E-state index in [4.69, 9.17) is 0 Å². The number of likely N-dealkylation sites (N-methyl/N-ethyl adjacent to an activating group) is 1. The van der Waals surface area contributed by atoms with E-state index in [0.717, 1.165) is 13.1 Å². The minimum Gasteiger partial charge on any atom is -0.336 e. The Morgan fingerprint density at radius 2 is 2.10 bits per heavy atom. The van der Waals surface area contributed by atoms with Crippen LogP contribution in [0.4, 0.5) is 4.79 Å². The number of hydrogen-bond donors (Lipinski definition) is 1. The van der Waals surface area contributed by atoms with E-state index in [9.17, 15) is 4.79 Å². The number of carbonyl (C=O) groups is 1. The normalized spacial score (nSPS) is 24.1. The molecule has 1 fully saturated rings. The van der Waals surface area contributed by atoms with Gasteiger partial charge >= 0.3 is 6.03 Å². The zero-order chi connectivity index (χ0) is 15.4. The van der Waals surface area contributed by atoms with Gasteiger partial charge in [0.05, 0.1) is 6.04 Å². The van der Waals surface area contributed by atoms with Crippen LogP contribution in [0.25, 0.3) is 0 Å². The van der Waals surface area contributed by atoms with Gasteiger partial charge in [-0.25, -0.2) is 4.79 Å². The number of amides is 2. The molecule has 1 aromatic rings. The van der Waals surface area contributed by atoms with Crippen LogP contribution >= 0.6 is 11.3 Å². The van der Waals surface area contributed by atoms with Gasteiger partial charge in [0.1, 0.15) is 0 Å². The fourth-order valence-corrected chi connectivity index (χ4v) is 4.07. The van der Waals surface area contributed by atoms with Gasteiger partial charge in [-0.05, 0) is 43.8 Å². The first kappa shape index (κ1) is 16.3. The van der Waals surface area contributed by atoms with Crippen LogP contribution in [0.5, 0.6) is 0 Å². The molecule has 1 N–H and O–H groups in total. The topological polar surface area (TPSA) is 35.6 Å². The Hall–Kier alpha value is -1.07. The smallest absolute Gasteiger partial charge is 0.317 e. The summed E-state index contributed by atoms with van der Waals surface area (Å²) in [4.78, 5) is 17.8. The third kappa shape index (κ3) is 4.45. The van der Waals surface area contributed by atoms with Crippen LogP contribution in [0.2, 0.25) is 0 Å². The number of nitrogens with one attached hydrogen (secondary N) is 1. The maximum atomic E-state index is 12.4. The number of hydrogen-bond acceptors (Lipinski definition) is 3. The molecule has 1 saturated heterocycles. The first-order chi connectivity index (χ1) is 9.97. The lowest BCUT2D eigenvalue weighted by Crippen LogP contribution is -2.48. The second kappa shape index (κ2) is 7.27. The highest BCUT2D eigenvalue weighted by atomic mass is 32.1. The Kier molecular flexibility index (Phi) is 5.65. The molecule has 0 saturated carbocycles. The van der Waals surface area contributed by atoms with Crippen molar-refractivity contribution in [3.8, 4) is 0 Å². The Labute approximate surface area is 132 Å². The summed E-state index contributed by atoms with van der Waals surface area (Å²) in [6.45, 7) is 6.86. The first-order valence-electron chi connectivity index (χ1n) is 7.70. The number of carbonyl (C=O) groups excluding carboxylic acids is 1. The monoisotopic (exact) mass is 309 g/mol. The summed E-state index contributed by atoms with van der Waals surface area (Å²) in [5.74, 6) is 1.20. The van der Waals surface area contributed by atoms with Crippen LogP contribution in [0.15, 0.2) is 17.5 Å². The van der Waals surface area contributed by atoms with Crippen molar-refractivity contribution in [3.05, 3.63) is 22.4 Å². The lowest BCUT2D eigenvalue weighted by molar-refractivity contribution is 0.144. The van der Waals surface area contributed by atoms with Gasteiger partial charge in [-0.1, -0.05) is 19.9 Å². The van der Waals surface area contributed by atoms with Gasteiger partial charge in [-0.2, -0.15) is 0 Å². The molecule has 3 unspecified atom stereocenters. The molecule has 4 nitrogen and oxygen atoms in total. The van der Waals surface area contributed by atoms with Crippen LogP contribution in [-0.2, 0) is 0 Å². The zero-order valence-corrected chi connectivity index (χ0v) is 14.3. The van der Waals surface area contributed by atoms with Crippen molar-refractivity contribution < 1.29 is 4.79 Å². The first-order valence-corrected chi connectivity index (χ1v) is 8.58. The SMILES string of the molecule is CC1CC(C)CN(C(=O)NCC(c2cccs2)N(C)C)C1. The standard InChI is InChI=1S/C16H27N3OS/c1-12-8-13(2)11-19(10-12)16(20)17-9-14(18(3)4)15-6-5-7-21-15/h5-7,12-14H,8-11H2,1-4H3,(H,17,20). The van der Waals surface area contributed by atoms with E-state index in [0.29, 0.717) is 18.4 Å². The van der Waals surface area contributed by atoms with Gasteiger partial charge < -0.3 is 15.1 Å². The molecule has 0 bridgehead atoms. The molecule has 0 radical (unpaired) electrons. The van der Waals surface area contributed by atoms with Crippen LogP contribution in [0.1, 0.15) is 31.2 Å². The Morgan fingerprint density at radius 1 is 1.43 bits per heavy atom. The molecule has 118 valence electrons. The third-order valence-corrected chi connectivity index (χ3v) is 5.07. The van der Waals surface area contributed by atoms with Gasteiger partial charge in [0, 0.05) is 24.5 Å². The molecular weight excluding hydrogens is 282 g/mol. The summed E-state index contributed by atoms with van der Waals surface area (Å²) in [5, 5.41) is 5.20. The Bertz CT molecular complexity index is 436. The zero-order valence-electron chi connectivity index (χ0n) is 13.5. The van der Waals surface area contributed by atoms with Crippen molar-refractivity contribution in [1.29, 1.82) is 0 Å². The maximum absolute atomic E-state index is 12.4. The fourth-order valence-electron chi connectivity index (χ4n) is 3.14. The van der Waals surface area contributed by atoms with E-state index in [1.165, 1.54) is 11.3 Å². The summed E-state index contributed by atoms with van der Waals surface area (Å²) in [7, 11) is 4.11. The number of urea groups is 1. The van der Waals surface area contributed by atoms with E-state index in [1.54, 1.807) is 11.3 Å². The minimum absolute atomic E-state index is 0.0804. The molecule has 1 aliphatic heterocycles. The van der Waals surface area contributed by atoms with Crippen molar-refractivity contribution in [1.82, 2.24) is 15.1 Å². The molecule has 0 spiro atoms. The molecule has 21 heavy (non-hydrogen) atoms. The minimum atomic E-state index is 0.0804. The molecule has 0 aromatic carbocycles. The lowest BCUT2D eigenvalue weighted by atomic mass is 9.92. The maximum Gasteiger partial charge on any atom is 0.317 e. The van der Waals surface area contributed by atoms with Crippen LogP contribution in [-0.4, -0.2) is 49.6 Å². The number of rotatable bonds is 4. The van der Waals surface area contributed by atoms with Gasteiger partial charge in [-0.15, -0.1) is 11.3 Å². The van der Waals surface area contributed by atoms with Gasteiger partial charge in [0.25, 0.3) is 0 Å². The van der Waals surface area contributed by atoms with E-state index in [-0.39, 0.29) is 12.1 Å². The van der Waals surface area contributed by atoms with Crippen molar-refractivity contribution in [2.24, 2.45) is 11.8 Å². The molecule has 3 atom stereocenters. The van der Waals surface area contributed by atoms with E-state index in [1.807, 2.05) is 4.90 Å². The van der Waals surface area contributed by atoms with E-state index in [2.05, 4.69) is 55.7 Å². The predicted octanol–water partition coefficient (Wildman–Crippen LogP) is 3.04. The molecule has 1 aromatic heterocycles. The van der Waals surface area contributed by atoms with Gasteiger partial charge in [0.2, 0.25) is 0 Å². The molecule has 2 amide bonds.